The van der Waals surface area contributed by atoms with Crippen LogP contribution in [0.5, 0.6) is 0 Å². The van der Waals surface area contributed by atoms with Gasteiger partial charge in [-0.1, -0.05) is 19.9 Å². The third-order valence-electron chi connectivity index (χ3n) is 3.53. The molecule has 4 nitrogen and oxygen atoms in total. The van der Waals surface area contributed by atoms with Crippen molar-refractivity contribution in [3.05, 3.63) is 35.4 Å². The minimum Gasteiger partial charge on any atom is -0.374 e. The van der Waals surface area contributed by atoms with Crippen LogP contribution < -0.4 is 5.32 Å². The van der Waals surface area contributed by atoms with Crippen molar-refractivity contribution in [2.45, 2.75) is 20.0 Å². The number of benzene rings is 1. The highest BCUT2D eigenvalue weighted by atomic mass is 19.2. The molecule has 1 heterocycles. The molecule has 1 atom stereocenters. The first-order valence-electron chi connectivity index (χ1n) is 7.53. The number of nitrogens with one attached hydrogen (secondary N) is 1. The maximum atomic E-state index is 13.5. The number of nitrogens with zero attached hydrogens (tertiary/aromatic N) is 1. The lowest BCUT2D eigenvalue weighted by Gasteiger charge is -2.33. The Morgan fingerprint density at radius 1 is 1.45 bits per heavy atom. The standard InChI is InChI=1S/C16H22F2N2O2/c1-11(2)9-20-6-7-22-12(10-20)8-19-16(21)13-4-3-5-14(17)15(13)18/h3-5,11-12H,6-10H2,1-2H3,(H,19,21). The SMILES string of the molecule is CC(C)CN1CCOC(CNC(=O)c2cccc(F)c2F)C1. The molecule has 1 aromatic carbocycles. The summed E-state index contributed by atoms with van der Waals surface area (Å²) < 4.78 is 32.3. The van der Waals surface area contributed by atoms with E-state index in [1.54, 1.807) is 0 Å². The Balaban J connectivity index is 1.87. The van der Waals surface area contributed by atoms with Crippen LogP contribution in [-0.2, 0) is 4.74 Å². The van der Waals surface area contributed by atoms with Crippen LogP contribution >= 0.6 is 0 Å². The Morgan fingerprint density at radius 3 is 2.95 bits per heavy atom. The van der Waals surface area contributed by atoms with E-state index in [-0.39, 0.29) is 18.2 Å². The van der Waals surface area contributed by atoms with Crippen molar-refractivity contribution in [3.63, 3.8) is 0 Å². The molecule has 0 radical (unpaired) electrons. The van der Waals surface area contributed by atoms with Gasteiger partial charge in [-0.15, -0.1) is 0 Å². The summed E-state index contributed by atoms with van der Waals surface area (Å²) in [5.41, 5.74) is -0.283. The Kier molecular flexibility index (Phi) is 5.85. The van der Waals surface area contributed by atoms with Crippen LogP contribution in [0.2, 0.25) is 0 Å². The van der Waals surface area contributed by atoms with Crippen molar-refractivity contribution in [3.8, 4) is 0 Å². The molecule has 22 heavy (non-hydrogen) atoms. The first-order valence-corrected chi connectivity index (χ1v) is 7.53. The molecule has 1 aliphatic rings. The highest BCUT2D eigenvalue weighted by Gasteiger charge is 2.22. The fraction of sp³-hybridized carbons (Fsp3) is 0.562. The predicted molar refractivity (Wildman–Crippen MR) is 79.7 cm³/mol. The summed E-state index contributed by atoms with van der Waals surface area (Å²) in [5, 5.41) is 2.61. The molecule has 1 N–H and O–H groups in total. The second-order valence-corrected chi connectivity index (χ2v) is 5.96. The number of rotatable bonds is 5. The monoisotopic (exact) mass is 312 g/mol. The lowest BCUT2D eigenvalue weighted by Crippen LogP contribution is -2.48. The van der Waals surface area contributed by atoms with Gasteiger partial charge in [0.15, 0.2) is 11.6 Å². The number of morpholine rings is 1. The molecule has 2 rings (SSSR count). The van der Waals surface area contributed by atoms with E-state index < -0.39 is 17.5 Å². The van der Waals surface area contributed by atoms with Crippen LogP contribution in [0.15, 0.2) is 18.2 Å². The third-order valence-corrected chi connectivity index (χ3v) is 3.53. The molecule has 1 aromatic rings. The first-order chi connectivity index (χ1) is 10.5. The van der Waals surface area contributed by atoms with E-state index in [2.05, 4.69) is 24.1 Å². The molecule has 0 bridgehead atoms. The van der Waals surface area contributed by atoms with E-state index in [0.717, 1.165) is 25.7 Å². The fourth-order valence-corrected chi connectivity index (χ4v) is 2.57. The Bertz CT molecular complexity index is 523. The van der Waals surface area contributed by atoms with Gasteiger partial charge in [-0.2, -0.15) is 0 Å². The van der Waals surface area contributed by atoms with Crippen LogP contribution in [-0.4, -0.2) is 49.7 Å². The zero-order valence-electron chi connectivity index (χ0n) is 12.9. The number of hydrogen-bond donors (Lipinski definition) is 1. The summed E-state index contributed by atoms with van der Waals surface area (Å²) in [6.45, 7) is 7.78. The maximum absolute atomic E-state index is 13.5. The molecular formula is C16H22F2N2O2. The quantitative estimate of drug-likeness (QED) is 0.905. The van der Waals surface area contributed by atoms with Crippen molar-refractivity contribution in [2.75, 3.05) is 32.8 Å². The van der Waals surface area contributed by atoms with E-state index in [1.165, 1.54) is 12.1 Å². The molecule has 1 fully saturated rings. The number of ether oxygens (including phenoxy) is 1. The van der Waals surface area contributed by atoms with Gasteiger partial charge < -0.3 is 10.1 Å². The van der Waals surface area contributed by atoms with Crippen LogP contribution in [0.1, 0.15) is 24.2 Å². The number of halogens is 2. The Labute approximate surface area is 129 Å². The highest BCUT2D eigenvalue weighted by Crippen LogP contribution is 2.12. The Hall–Kier alpha value is -1.53. The predicted octanol–water partition coefficient (Wildman–Crippen LogP) is 2.05. The molecule has 0 spiro atoms. The Morgan fingerprint density at radius 2 is 2.23 bits per heavy atom. The summed E-state index contributed by atoms with van der Waals surface area (Å²) in [6, 6.07) is 3.56. The fourth-order valence-electron chi connectivity index (χ4n) is 2.57. The molecule has 1 unspecified atom stereocenters. The highest BCUT2D eigenvalue weighted by molar-refractivity contribution is 5.94. The minimum absolute atomic E-state index is 0.131. The molecule has 0 saturated carbocycles. The molecule has 0 aliphatic carbocycles. The van der Waals surface area contributed by atoms with Crippen LogP contribution in [0.25, 0.3) is 0 Å². The van der Waals surface area contributed by atoms with Gasteiger partial charge in [0.1, 0.15) is 0 Å². The van der Waals surface area contributed by atoms with E-state index >= 15 is 0 Å². The van der Waals surface area contributed by atoms with Crippen molar-refractivity contribution >= 4 is 5.91 Å². The number of carbonyl (C=O) groups is 1. The van der Waals surface area contributed by atoms with Gasteiger partial charge in [-0.25, -0.2) is 8.78 Å². The number of hydrogen-bond acceptors (Lipinski definition) is 3. The van der Waals surface area contributed by atoms with Gasteiger partial charge in [0.05, 0.1) is 18.3 Å². The van der Waals surface area contributed by atoms with Crippen LogP contribution in [0, 0.1) is 17.6 Å². The van der Waals surface area contributed by atoms with Crippen molar-refractivity contribution in [1.82, 2.24) is 10.2 Å². The summed E-state index contributed by atoms with van der Waals surface area (Å²) in [4.78, 5) is 14.2. The molecule has 6 heteroatoms. The molecule has 1 saturated heterocycles. The van der Waals surface area contributed by atoms with E-state index in [4.69, 9.17) is 4.74 Å². The summed E-state index contributed by atoms with van der Waals surface area (Å²) >= 11 is 0. The van der Waals surface area contributed by atoms with Gasteiger partial charge in [-0.3, -0.25) is 9.69 Å². The van der Waals surface area contributed by atoms with Crippen molar-refractivity contribution in [1.29, 1.82) is 0 Å². The van der Waals surface area contributed by atoms with Crippen molar-refractivity contribution < 1.29 is 18.3 Å². The summed E-state index contributed by atoms with van der Waals surface area (Å²) in [7, 11) is 0. The minimum atomic E-state index is -1.12. The zero-order chi connectivity index (χ0) is 16.1. The smallest absolute Gasteiger partial charge is 0.254 e. The molecule has 0 aromatic heterocycles. The molecular weight excluding hydrogens is 290 g/mol. The van der Waals surface area contributed by atoms with Gasteiger partial charge in [0, 0.05) is 26.2 Å². The van der Waals surface area contributed by atoms with E-state index in [0.29, 0.717) is 12.5 Å². The second kappa shape index (κ2) is 7.65. The third kappa shape index (κ3) is 4.48. The largest absolute Gasteiger partial charge is 0.374 e. The summed E-state index contributed by atoms with van der Waals surface area (Å²) in [5.74, 6) is -2.20. The van der Waals surface area contributed by atoms with Crippen molar-refractivity contribution in [2.24, 2.45) is 5.92 Å². The van der Waals surface area contributed by atoms with Crippen LogP contribution in [0.3, 0.4) is 0 Å². The topological polar surface area (TPSA) is 41.6 Å². The van der Waals surface area contributed by atoms with Gasteiger partial charge in [-0.05, 0) is 18.1 Å². The average Bonchev–Trinajstić information content (AvgIpc) is 2.47. The second-order valence-electron chi connectivity index (χ2n) is 5.96. The zero-order valence-corrected chi connectivity index (χ0v) is 12.9. The first kappa shape index (κ1) is 16.8. The maximum Gasteiger partial charge on any atom is 0.254 e. The van der Waals surface area contributed by atoms with Gasteiger partial charge >= 0.3 is 0 Å². The lowest BCUT2D eigenvalue weighted by atomic mass is 10.1. The molecule has 1 amide bonds. The van der Waals surface area contributed by atoms with Crippen LogP contribution in [0.4, 0.5) is 8.78 Å². The molecule has 1 aliphatic heterocycles. The normalized spacial score (nSPS) is 19.4. The average molecular weight is 312 g/mol. The number of amides is 1. The number of carbonyl (C=O) groups excluding carboxylic acids is 1. The van der Waals surface area contributed by atoms with E-state index in [9.17, 15) is 13.6 Å². The molecule has 122 valence electrons. The summed E-state index contributed by atoms with van der Waals surface area (Å²) in [6.07, 6.45) is -0.131. The van der Waals surface area contributed by atoms with Gasteiger partial charge in [0.25, 0.3) is 5.91 Å². The van der Waals surface area contributed by atoms with Gasteiger partial charge in [0.2, 0.25) is 0 Å². The lowest BCUT2D eigenvalue weighted by molar-refractivity contribution is -0.0295. The van der Waals surface area contributed by atoms with E-state index in [1.807, 2.05) is 0 Å².